The maximum Gasteiger partial charge on any atom is 0.273 e. The van der Waals surface area contributed by atoms with E-state index in [0.717, 1.165) is 28.7 Å². The van der Waals surface area contributed by atoms with Crippen LogP contribution in [-0.2, 0) is 11.3 Å². The summed E-state index contributed by atoms with van der Waals surface area (Å²) in [7, 11) is 0. The fourth-order valence-corrected chi connectivity index (χ4v) is 5.20. The number of hydrogen-bond acceptors (Lipinski definition) is 6. The average Bonchev–Trinajstić information content (AvgIpc) is 3.46. The highest BCUT2D eigenvalue weighted by Crippen LogP contribution is 2.36. The van der Waals surface area contributed by atoms with Gasteiger partial charge in [-0.15, -0.1) is 0 Å². The molecule has 0 saturated carbocycles. The van der Waals surface area contributed by atoms with Crippen LogP contribution >= 0.6 is 11.3 Å². The quantitative estimate of drug-likeness (QED) is 0.413. The molecule has 2 unspecified atom stereocenters. The Morgan fingerprint density at radius 3 is 2.73 bits per heavy atom. The number of carbonyl (C=O) groups is 1. The number of aryl methyl sites for hydroxylation is 3. The van der Waals surface area contributed by atoms with E-state index < -0.39 is 12.2 Å². The number of aromatic nitrogens is 3. The van der Waals surface area contributed by atoms with Gasteiger partial charge in [0.1, 0.15) is 6.10 Å². The first-order valence-corrected chi connectivity index (χ1v) is 11.9. The van der Waals surface area contributed by atoms with Gasteiger partial charge in [0.2, 0.25) is 6.10 Å². The van der Waals surface area contributed by atoms with Gasteiger partial charge in [-0.25, -0.2) is 9.97 Å². The van der Waals surface area contributed by atoms with Crippen LogP contribution in [0.3, 0.4) is 0 Å². The van der Waals surface area contributed by atoms with Crippen molar-refractivity contribution >= 4 is 32.6 Å². The number of para-hydroxylation sites is 2. The monoisotopic (exact) mass is 462 g/mol. The molecule has 0 radical (unpaired) electrons. The summed E-state index contributed by atoms with van der Waals surface area (Å²) in [5.41, 5.74) is 3.24. The first kappa shape index (κ1) is 21.5. The highest BCUT2D eigenvalue weighted by Gasteiger charge is 2.38. The summed E-state index contributed by atoms with van der Waals surface area (Å²) in [5, 5.41) is 0.684. The standard InChI is InChI=1S/C25H26N4O3S/c1-16-13-17(2)23-19(14-16)27-25(33-23)29(11-6-10-28-12-9-26-15-28)24(30)22-18(3)31-20-7-4-5-8-21(20)32-22/h4-5,7-9,12-15,18,22H,6,10-11H2,1-3H3. The van der Waals surface area contributed by atoms with Crippen LogP contribution in [0.25, 0.3) is 10.2 Å². The summed E-state index contributed by atoms with van der Waals surface area (Å²) in [6.07, 6.45) is 5.06. The SMILES string of the molecule is Cc1cc(C)c2sc(N(CCCn3ccnc3)C(=O)C3Oc4ccccc4OC3C)nc2c1. The maximum absolute atomic E-state index is 13.8. The third kappa shape index (κ3) is 4.30. The number of amides is 1. The van der Waals surface area contributed by atoms with E-state index in [9.17, 15) is 4.79 Å². The van der Waals surface area contributed by atoms with Crippen molar-refractivity contribution in [2.75, 3.05) is 11.4 Å². The maximum atomic E-state index is 13.8. The van der Waals surface area contributed by atoms with Crippen molar-refractivity contribution in [2.24, 2.45) is 0 Å². The zero-order valence-corrected chi connectivity index (χ0v) is 19.7. The van der Waals surface area contributed by atoms with E-state index in [1.54, 1.807) is 28.8 Å². The lowest BCUT2D eigenvalue weighted by molar-refractivity contribution is -0.130. The Kier molecular flexibility index (Phi) is 5.76. The van der Waals surface area contributed by atoms with Gasteiger partial charge < -0.3 is 14.0 Å². The van der Waals surface area contributed by atoms with Gasteiger partial charge in [-0.1, -0.05) is 29.5 Å². The van der Waals surface area contributed by atoms with Crippen LogP contribution in [0.4, 0.5) is 5.13 Å². The van der Waals surface area contributed by atoms with Crippen LogP contribution in [0.15, 0.2) is 55.1 Å². The minimum Gasteiger partial charge on any atom is -0.482 e. The third-order valence-electron chi connectivity index (χ3n) is 5.75. The van der Waals surface area contributed by atoms with Crippen molar-refractivity contribution in [1.82, 2.24) is 14.5 Å². The fraction of sp³-hybridized carbons (Fsp3) is 0.320. The first-order valence-electron chi connectivity index (χ1n) is 11.1. The topological polar surface area (TPSA) is 69.5 Å². The Balaban J connectivity index is 1.45. The van der Waals surface area contributed by atoms with Crippen molar-refractivity contribution in [2.45, 2.75) is 45.9 Å². The summed E-state index contributed by atoms with van der Waals surface area (Å²) >= 11 is 1.55. The summed E-state index contributed by atoms with van der Waals surface area (Å²) < 4.78 is 15.2. The van der Waals surface area contributed by atoms with Crippen LogP contribution in [0.5, 0.6) is 11.5 Å². The van der Waals surface area contributed by atoms with E-state index in [0.29, 0.717) is 23.2 Å². The Bertz CT molecular complexity index is 1280. The van der Waals surface area contributed by atoms with Gasteiger partial charge in [0.15, 0.2) is 16.6 Å². The molecular formula is C25H26N4O3S. The smallest absolute Gasteiger partial charge is 0.273 e. The van der Waals surface area contributed by atoms with E-state index in [2.05, 4.69) is 31.0 Å². The van der Waals surface area contributed by atoms with Gasteiger partial charge in [-0.05, 0) is 56.5 Å². The molecule has 3 heterocycles. The minimum absolute atomic E-state index is 0.143. The second-order valence-electron chi connectivity index (χ2n) is 8.38. The molecule has 0 saturated heterocycles. The Morgan fingerprint density at radius 2 is 1.97 bits per heavy atom. The van der Waals surface area contributed by atoms with E-state index >= 15 is 0 Å². The van der Waals surface area contributed by atoms with Crippen LogP contribution in [0.2, 0.25) is 0 Å². The van der Waals surface area contributed by atoms with Gasteiger partial charge in [0.05, 0.1) is 16.5 Å². The van der Waals surface area contributed by atoms with Crippen molar-refractivity contribution < 1.29 is 14.3 Å². The summed E-state index contributed by atoms with van der Waals surface area (Å²) in [6.45, 7) is 7.29. The molecular weight excluding hydrogens is 436 g/mol. The number of carbonyl (C=O) groups excluding carboxylic acids is 1. The van der Waals surface area contributed by atoms with Crippen LogP contribution in [-0.4, -0.2) is 39.2 Å². The molecule has 2 aromatic carbocycles. The van der Waals surface area contributed by atoms with Gasteiger partial charge in [-0.2, -0.15) is 0 Å². The number of imidazole rings is 1. The number of thiazole rings is 1. The van der Waals surface area contributed by atoms with Gasteiger partial charge in [0, 0.05) is 25.5 Å². The molecule has 1 aliphatic rings. The van der Waals surface area contributed by atoms with Crippen molar-refractivity contribution in [1.29, 1.82) is 0 Å². The zero-order valence-electron chi connectivity index (χ0n) is 18.9. The van der Waals surface area contributed by atoms with Crippen molar-refractivity contribution in [3.8, 4) is 11.5 Å². The molecule has 0 fully saturated rings. The summed E-state index contributed by atoms with van der Waals surface area (Å²) in [5.74, 6) is 1.10. The van der Waals surface area contributed by atoms with Crippen LogP contribution in [0.1, 0.15) is 24.5 Å². The number of hydrogen-bond donors (Lipinski definition) is 0. The highest BCUT2D eigenvalue weighted by atomic mass is 32.1. The Hall–Kier alpha value is -3.39. The minimum atomic E-state index is -0.747. The Morgan fingerprint density at radius 1 is 1.18 bits per heavy atom. The molecule has 4 aromatic rings. The lowest BCUT2D eigenvalue weighted by Crippen LogP contribution is -2.51. The van der Waals surface area contributed by atoms with Gasteiger partial charge >= 0.3 is 0 Å². The first-order chi connectivity index (χ1) is 16.0. The van der Waals surface area contributed by atoms with Gasteiger partial charge in [0.25, 0.3) is 5.91 Å². The second kappa shape index (κ2) is 8.86. The lowest BCUT2D eigenvalue weighted by atomic mass is 10.1. The molecule has 2 aromatic heterocycles. The third-order valence-corrected chi connectivity index (χ3v) is 6.98. The molecule has 1 amide bonds. The number of nitrogens with zero attached hydrogens (tertiary/aromatic N) is 4. The summed E-state index contributed by atoms with van der Waals surface area (Å²) in [6, 6.07) is 11.7. The lowest BCUT2D eigenvalue weighted by Gasteiger charge is -2.33. The van der Waals surface area contributed by atoms with E-state index in [1.807, 2.05) is 42.0 Å². The molecule has 0 aliphatic carbocycles. The van der Waals surface area contributed by atoms with Crippen molar-refractivity contribution in [3.63, 3.8) is 0 Å². The normalized spacial score (nSPS) is 17.3. The summed E-state index contributed by atoms with van der Waals surface area (Å²) in [4.78, 5) is 24.5. The molecule has 7 nitrogen and oxygen atoms in total. The molecule has 0 spiro atoms. The van der Waals surface area contributed by atoms with Crippen molar-refractivity contribution in [3.05, 3.63) is 66.2 Å². The number of ether oxygens (including phenoxy) is 2. The van der Waals surface area contributed by atoms with Crippen LogP contribution < -0.4 is 14.4 Å². The molecule has 170 valence electrons. The van der Waals surface area contributed by atoms with Gasteiger partial charge in [-0.3, -0.25) is 9.69 Å². The number of anilines is 1. The second-order valence-corrected chi connectivity index (χ2v) is 9.36. The number of fused-ring (bicyclic) bond motifs is 2. The highest BCUT2D eigenvalue weighted by molar-refractivity contribution is 7.22. The molecule has 0 N–H and O–H groups in total. The number of rotatable bonds is 6. The molecule has 1 aliphatic heterocycles. The number of benzene rings is 2. The van der Waals surface area contributed by atoms with E-state index in [4.69, 9.17) is 14.5 Å². The predicted molar refractivity (Wildman–Crippen MR) is 129 cm³/mol. The molecule has 33 heavy (non-hydrogen) atoms. The molecule has 2 atom stereocenters. The average molecular weight is 463 g/mol. The molecule has 0 bridgehead atoms. The van der Waals surface area contributed by atoms with Crippen LogP contribution in [0, 0.1) is 13.8 Å². The Labute approximate surface area is 196 Å². The zero-order chi connectivity index (χ0) is 22.9. The predicted octanol–water partition coefficient (Wildman–Crippen LogP) is 4.76. The molecule has 5 rings (SSSR count). The van der Waals surface area contributed by atoms with E-state index in [1.165, 1.54) is 5.56 Å². The largest absolute Gasteiger partial charge is 0.482 e. The molecule has 8 heteroatoms. The van der Waals surface area contributed by atoms with E-state index in [-0.39, 0.29) is 5.91 Å². The fourth-order valence-electron chi connectivity index (χ4n) is 4.16.